The summed E-state index contributed by atoms with van der Waals surface area (Å²) in [6, 6.07) is 13.5. The summed E-state index contributed by atoms with van der Waals surface area (Å²) in [6.07, 6.45) is 2.73. The maximum Gasteiger partial charge on any atom is 0.271 e. The van der Waals surface area contributed by atoms with Crippen molar-refractivity contribution in [2.24, 2.45) is 0 Å². The molecule has 0 aromatic carbocycles. The molecule has 1 aliphatic rings. The number of aromatic nitrogens is 3. The Kier molecular flexibility index (Phi) is 3.12. The highest BCUT2D eigenvalue weighted by atomic mass is 16.2. The molecule has 0 spiro atoms. The van der Waals surface area contributed by atoms with Gasteiger partial charge >= 0.3 is 0 Å². The monoisotopic (exact) mass is 305 g/mol. The minimum absolute atomic E-state index is 0.00403. The Hall–Kier alpha value is -3.07. The van der Waals surface area contributed by atoms with E-state index in [-0.39, 0.29) is 5.91 Å². The fourth-order valence-corrected chi connectivity index (χ4v) is 3.08. The first-order chi connectivity index (χ1) is 11.3. The molecular formula is C17H15N5O. The van der Waals surface area contributed by atoms with Crippen LogP contribution in [0.5, 0.6) is 0 Å². The van der Waals surface area contributed by atoms with Gasteiger partial charge in [0.25, 0.3) is 5.91 Å². The zero-order valence-electron chi connectivity index (χ0n) is 12.5. The summed E-state index contributed by atoms with van der Waals surface area (Å²) in [5.74, 6) is 0.00403. The van der Waals surface area contributed by atoms with Crippen molar-refractivity contribution in [1.29, 1.82) is 5.26 Å². The topological polar surface area (TPSA) is 66.3 Å². The maximum atomic E-state index is 12.9. The lowest BCUT2D eigenvalue weighted by atomic mass is 10.3. The van der Waals surface area contributed by atoms with Crippen molar-refractivity contribution >= 4 is 11.4 Å². The molecule has 6 nitrogen and oxygen atoms in total. The smallest absolute Gasteiger partial charge is 0.271 e. The van der Waals surface area contributed by atoms with E-state index in [1.165, 1.54) is 0 Å². The van der Waals surface area contributed by atoms with Gasteiger partial charge in [-0.05, 0) is 36.8 Å². The fraction of sp³-hybridized carbons (Fsp3) is 0.235. The van der Waals surface area contributed by atoms with Crippen molar-refractivity contribution in [2.45, 2.75) is 19.5 Å². The molecule has 0 bridgehead atoms. The minimum Gasteiger partial charge on any atom is -0.331 e. The highest BCUT2D eigenvalue weighted by Crippen LogP contribution is 2.18. The Labute approximate surface area is 133 Å². The zero-order valence-corrected chi connectivity index (χ0v) is 12.5. The predicted molar refractivity (Wildman–Crippen MR) is 83.7 cm³/mol. The summed E-state index contributed by atoms with van der Waals surface area (Å²) in [5, 5.41) is 13.2. The standard InChI is InChI=1S/C17H15N5O/c18-11-13-10-15-12-20(7-3-9-22(15)19-13)17(23)16-6-5-14-4-1-2-8-21(14)16/h1-2,4-6,8,10H,3,7,9,12H2. The van der Waals surface area contributed by atoms with Crippen LogP contribution in [0, 0.1) is 11.3 Å². The molecule has 1 aliphatic heterocycles. The van der Waals surface area contributed by atoms with Crippen LogP contribution >= 0.6 is 0 Å². The number of rotatable bonds is 1. The summed E-state index contributed by atoms with van der Waals surface area (Å²) >= 11 is 0. The van der Waals surface area contributed by atoms with Crippen LogP contribution in [0.25, 0.3) is 5.52 Å². The number of hydrogen-bond donors (Lipinski definition) is 0. The number of amides is 1. The molecule has 23 heavy (non-hydrogen) atoms. The molecule has 0 atom stereocenters. The summed E-state index contributed by atoms with van der Waals surface area (Å²) in [6.45, 7) is 1.90. The first kappa shape index (κ1) is 13.6. The van der Waals surface area contributed by atoms with Crippen LogP contribution in [0.3, 0.4) is 0 Å². The van der Waals surface area contributed by atoms with E-state index in [4.69, 9.17) is 5.26 Å². The quantitative estimate of drug-likeness (QED) is 0.691. The van der Waals surface area contributed by atoms with Gasteiger partial charge in [0.05, 0.1) is 12.2 Å². The highest BCUT2D eigenvalue weighted by molar-refractivity contribution is 5.94. The Bertz CT molecular complexity index is 930. The van der Waals surface area contributed by atoms with Crippen molar-refractivity contribution in [2.75, 3.05) is 6.54 Å². The van der Waals surface area contributed by atoms with Crippen molar-refractivity contribution in [3.63, 3.8) is 0 Å². The van der Waals surface area contributed by atoms with Gasteiger partial charge in [-0.3, -0.25) is 9.48 Å². The number of hydrogen-bond acceptors (Lipinski definition) is 3. The molecule has 3 aromatic heterocycles. The van der Waals surface area contributed by atoms with Crippen LogP contribution in [0.15, 0.2) is 42.6 Å². The first-order valence-electron chi connectivity index (χ1n) is 7.58. The van der Waals surface area contributed by atoms with Gasteiger partial charge in [-0.15, -0.1) is 0 Å². The van der Waals surface area contributed by atoms with Gasteiger partial charge in [0.15, 0.2) is 5.69 Å². The lowest BCUT2D eigenvalue weighted by Crippen LogP contribution is -2.31. The molecule has 114 valence electrons. The van der Waals surface area contributed by atoms with Gasteiger partial charge in [-0.2, -0.15) is 10.4 Å². The molecule has 0 saturated heterocycles. The number of fused-ring (bicyclic) bond motifs is 2. The fourth-order valence-electron chi connectivity index (χ4n) is 3.08. The van der Waals surface area contributed by atoms with Crippen molar-refractivity contribution < 1.29 is 4.79 Å². The van der Waals surface area contributed by atoms with E-state index in [1.807, 2.05) is 50.5 Å². The molecule has 0 aliphatic carbocycles. The molecular weight excluding hydrogens is 290 g/mol. The van der Waals surface area contributed by atoms with E-state index in [0.29, 0.717) is 24.5 Å². The molecule has 3 aromatic rings. The number of carbonyl (C=O) groups excluding carboxylic acids is 1. The van der Waals surface area contributed by atoms with Gasteiger partial charge in [0.2, 0.25) is 0 Å². The average Bonchev–Trinajstić information content (AvgIpc) is 3.12. The van der Waals surface area contributed by atoms with Gasteiger partial charge in [0.1, 0.15) is 11.8 Å². The van der Waals surface area contributed by atoms with E-state index in [9.17, 15) is 4.79 Å². The Morgan fingerprint density at radius 2 is 2.13 bits per heavy atom. The Balaban J connectivity index is 1.67. The van der Waals surface area contributed by atoms with Crippen LogP contribution in [0.1, 0.15) is 28.3 Å². The summed E-state index contributed by atoms with van der Waals surface area (Å²) in [5.41, 5.74) is 2.98. The molecule has 0 N–H and O–H groups in total. The number of carbonyl (C=O) groups is 1. The molecule has 0 fully saturated rings. The number of aryl methyl sites for hydroxylation is 1. The van der Waals surface area contributed by atoms with Crippen LogP contribution in [-0.2, 0) is 13.1 Å². The number of pyridine rings is 1. The van der Waals surface area contributed by atoms with Crippen molar-refractivity contribution in [3.05, 3.63) is 59.7 Å². The second-order valence-electron chi connectivity index (χ2n) is 5.65. The third-order valence-electron chi connectivity index (χ3n) is 4.20. The van der Waals surface area contributed by atoms with E-state index >= 15 is 0 Å². The minimum atomic E-state index is 0.00403. The predicted octanol–water partition coefficient (Wildman–Crippen LogP) is 2.05. The van der Waals surface area contributed by atoms with E-state index < -0.39 is 0 Å². The van der Waals surface area contributed by atoms with Gasteiger partial charge < -0.3 is 9.30 Å². The third kappa shape index (κ3) is 2.27. The van der Waals surface area contributed by atoms with Crippen molar-refractivity contribution in [3.8, 4) is 6.07 Å². The number of nitrogens with zero attached hydrogens (tertiary/aromatic N) is 5. The zero-order chi connectivity index (χ0) is 15.8. The van der Waals surface area contributed by atoms with E-state index in [0.717, 1.165) is 24.2 Å². The summed E-state index contributed by atoms with van der Waals surface area (Å²) in [7, 11) is 0. The molecule has 4 rings (SSSR count). The average molecular weight is 305 g/mol. The second-order valence-corrected chi connectivity index (χ2v) is 5.65. The molecule has 6 heteroatoms. The van der Waals surface area contributed by atoms with Crippen molar-refractivity contribution in [1.82, 2.24) is 19.1 Å². The molecule has 0 radical (unpaired) electrons. The molecule has 0 unspecified atom stereocenters. The molecule has 0 saturated carbocycles. The van der Waals surface area contributed by atoms with E-state index in [1.54, 1.807) is 6.07 Å². The maximum absolute atomic E-state index is 12.9. The van der Waals surface area contributed by atoms with Gasteiger partial charge in [-0.25, -0.2) is 0 Å². The Morgan fingerprint density at radius 1 is 1.22 bits per heavy atom. The summed E-state index contributed by atoms with van der Waals surface area (Å²) < 4.78 is 3.74. The van der Waals surface area contributed by atoms with Crippen LogP contribution in [-0.4, -0.2) is 31.5 Å². The lowest BCUT2D eigenvalue weighted by molar-refractivity contribution is 0.0739. The van der Waals surface area contributed by atoms with Gasteiger partial charge in [0, 0.05) is 24.8 Å². The Morgan fingerprint density at radius 3 is 3.00 bits per heavy atom. The van der Waals surface area contributed by atoms with Gasteiger partial charge in [-0.1, -0.05) is 6.07 Å². The molecule has 1 amide bonds. The summed E-state index contributed by atoms with van der Waals surface area (Å²) in [4.78, 5) is 14.8. The lowest BCUT2D eigenvalue weighted by Gasteiger charge is -2.19. The highest BCUT2D eigenvalue weighted by Gasteiger charge is 2.23. The SMILES string of the molecule is N#Cc1cc2n(n1)CCCN(C(=O)c1ccc3ccccn13)C2. The van der Waals surface area contributed by atoms with Crippen LogP contribution < -0.4 is 0 Å². The third-order valence-corrected chi connectivity index (χ3v) is 4.20. The number of nitriles is 1. The van der Waals surface area contributed by atoms with Crippen LogP contribution in [0.2, 0.25) is 0 Å². The van der Waals surface area contributed by atoms with E-state index in [2.05, 4.69) is 11.2 Å². The normalized spacial score (nSPS) is 14.3. The van der Waals surface area contributed by atoms with Crippen LogP contribution in [0.4, 0.5) is 0 Å². The molecule has 4 heterocycles. The first-order valence-corrected chi connectivity index (χ1v) is 7.58. The largest absolute Gasteiger partial charge is 0.331 e. The second kappa shape index (κ2) is 5.29.